The summed E-state index contributed by atoms with van der Waals surface area (Å²) >= 11 is 0. The van der Waals surface area contributed by atoms with E-state index in [1.807, 2.05) is 50.4 Å². The molecule has 0 aliphatic rings. The number of phenols is 1. The van der Waals surface area contributed by atoms with Crippen LogP contribution in [0.1, 0.15) is 5.56 Å². The van der Waals surface area contributed by atoms with Gasteiger partial charge in [-0.25, -0.2) is 0 Å². The van der Waals surface area contributed by atoms with Crippen molar-refractivity contribution in [3.05, 3.63) is 48.0 Å². The number of anilines is 1. The standard InChI is InChI=1S/C14H15NO/c1-10-8-12(15-2)14(13(16)9-10)11-6-4-3-5-7-11/h3-9,15-16H,1-2H3. The molecule has 0 aliphatic carbocycles. The van der Waals surface area contributed by atoms with E-state index in [0.29, 0.717) is 5.75 Å². The van der Waals surface area contributed by atoms with Gasteiger partial charge in [-0.05, 0) is 30.2 Å². The lowest BCUT2D eigenvalue weighted by Crippen LogP contribution is -1.93. The highest BCUT2D eigenvalue weighted by Crippen LogP contribution is 2.36. The van der Waals surface area contributed by atoms with Crippen LogP contribution in [0.3, 0.4) is 0 Å². The van der Waals surface area contributed by atoms with E-state index < -0.39 is 0 Å². The SMILES string of the molecule is CNc1cc(C)cc(O)c1-c1ccccc1. The Morgan fingerprint density at radius 1 is 1.06 bits per heavy atom. The second kappa shape index (κ2) is 4.27. The molecule has 2 N–H and O–H groups in total. The predicted molar refractivity (Wildman–Crippen MR) is 67.8 cm³/mol. The number of nitrogens with one attached hydrogen (secondary N) is 1. The third kappa shape index (κ3) is 1.87. The summed E-state index contributed by atoms with van der Waals surface area (Å²) in [5, 5.41) is 13.1. The van der Waals surface area contributed by atoms with Crippen molar-refractivity contribution in [2.24, 2.45) is 0 Å². The maximum atomic E-state index is 10.0. The Kier molecular flexibility index (Phi) is 2.82. The first-order valence-corrected chi connectivity index (χ1v) is 5.29. The Bertz CT molecular complexity index is 492. The van der Waals surface area contributed by atoms with Gasteiger partial charge in [-0.3, -0.25) is 0 Å². The molecule has 2 heteroatoms. The van der Waals surface area contributed by atoms with Crippen molar-refractivity contribution < 1.29 is 5.11 Å². The van der Waals surface area contributed by atoms with Crippen LogP contribution in [0.4, 0.5) is 5.69 Å². The first-order valence-electron chi connectivity index (χ1n) is 5.29. The van der Waals surface area contributed by atoms with E-state index in [1.54, 1.807) is 6.07 Å². The lowest BCUT2D eigenvalue weighted by atomic mass is 10.0. The van der Waals surface area contributed by atoms with Crippen LogP contribution in [-0.2, 0) is 0 Å². The quantitative estimate of drug-likeness (QED) is 0.801. The summed E-state index contributed by atoms with van der Waals surface area (Å²) < 4.78 is 0. The molecule has 0 saturated carbocycles. The maximum absolute atomic E-state index is 10.0. The molecule has 82 valence electrons. The highest BCUT2D eigenvalue weighted by molar-refractivity contribution is 5.83. The molecule has 2 rings (SSSR count). The second-order valence-corrected chi connectivity index (χ2v) is 3.82. The zero-order valence-corrected chi connectivity index (χ0v) is 9.49. The number of aryl methyl sites for hydroxylation is 1. The maximum Gasteiger partial charge on any atom is 0.125 e. The molecule has 16 heavy (non-hydrogen) atoms. The molecule has 0 amide bonds. The van der Waals surface area contributed by atoms with Gasteiger partial charge < -0.3 is 10.4 Å². The average Bonchev–Trinajstić information content (AvgIpc) is 2.29. The lowest BCUT2D eigenvalue weighted by Gasteiger charge is -2.12. The summed E-state index contributed by atoms with van der Waals surface area (Å²) in [5.41, 5.74) is 3.86. The molecule has 0 saturated heterocycles. The number of hydrogen-bond donors (Lipinski definition) is 2. The summed E-state index contributed by atoms with van der Waals surface area (Å²) in [6.45, 7) is 1.97. The summed E-state index contributed by atoms with van der Waals surface area (Å²) in [4.78, 5) is 0. The molecule has 0 bridgehead atoms. The van der Waals surface area contributed by atoms with Gasteiger partial charge in [0.2, 0.25) is 0 Å². The molecule has 0 spiro atoms. The van der Waals surface area contributed by atoms with Gasteiger partial charge in [0.05, 0.1) is 0 Å². The number of phenolic OH excluding ortho intramolecular Hbond substituents is 1. The first-order chi connectivity index (χ1) is 7.72. The summed E-state index contributed by atoms with van der Waals surface area (Å²) in [6, 6.07) is 13.7. The summed E-state index contributed by atoms with van der Waals surface area (Å²) in [6.07, 6.45) is 0. The average molecular weight is 213 g/mol. The van der Waals surface area contributed by atoms with E-state index in [4.69, 9.17) is 0 Å². The largest absolute Gasteiger partial charge is 0.507 e. The van der Waals surface area contributed by atoms with Crippen molar-refractivity contribution in [1.82, 2.24) is 0 Å². The number of hydrogen-bond acceptors (Lipinski definition) is 2. The summed E-state index contributed by atoms with van der Waals surface area (Å²) in [5.74, 6) is 0.315. The van der Waals surface area contributed by atoms with Crippen LogP contribution >= 0.6 is 0 Å². The molecule has 0 atom stereocenters. The Hall–Kier alpha value is -1.96. The van der Waals surface area contributed by atoms with Crippen LogP contribution < -0.4 is 5.32 Å². The monoisotopic (exact) mass is 213 g/mol. The van der Waals surface area contributed by atoms with Crippen molar-refractivity contribution in [3.8, 4) is 16.9 Å². The molecule has 0 radical (unpaired) electrons. The molecule has 0 heterocycles. The van der Waals surface area contributed by atoms with Crippen LogP contribution in [0.5, 0.6) is 5.75 Å². The molecular weight excluding hydrogens is 198 g/mol. The fourth-order valence-electron chi connectivity index (χ4n) is 1.87. The van der Waals surface area contributed by atoms with Crippen LogP contribution in [0.15, 0.2) is 42.5 Å². The molecule has 2 aromatic rings. The Labute approximate surface area is 95.6 Å². The van der Waals surface area contributed by atoms with E-state index in [0.717, 1.165) is 22.4 Å². The lowest BCUT2D eigenvalue weighted by molar-refractivity contribution is 0.477. The van der Waals surface area contributed by atoms with Crippen molar-refractivity contribution in [2.45, 2.75) is 6.92 Å². The van der Waals surface area contributed by atoms with Gasteiger partial charge in [0.15, 0.2) is 0 Å². The van der Waals surface area contributed by atoms with Crippen LogP contribution in [0.2, 0.25) is 0 Å². The molecule has 0 aliphatic heterocycles. The van der Waals surface area contributed by atoms with Crippen molar-refractivity contribution >= 4 is 5.69 Å². The van der Waals surface area contributed by atoms with Crippen molar-refractivity contribution in [1.29, 1.82) is 0 Å². The zero-order chi connectivity index (χ0) is 11.5. The van der Waals surface area contributed by atoms with E-state index in [1.165, 1.54) is 0 Å². The molecule has 2 aromatic carbocycles. The minimum Gasteiger partial charge on any atom is -0.507 e. The Balaban J connectivity index is 2.64. The van der Waals surface area contributed by atoms with Gasteiger partial charge in [-0.1, -0.05) is 30.3 Å². The third-order valence-electron chi connectivity index (χ3n) is 2.59. The minimum absolute atomic E-state index is 0.315. The normalized spacial score (nSPS) is 10.1. The molecule has 0 fully saturated rings. The van der Waals surface area contributed by atoms with Crippen LogP contribution in [0.25, 0.3) is 11.1 Å². The third-order valence-corrected chi connectivity index (χ3v) is 2.59. The topological polar surface area (TPSA) is 32.3 Å². The Morgan fingerprint density at radius 3 is 2.38 bits per heavy atom. The predicted octanol–water partition coefficient (Wildman–Crippen LogP) is 3.41. The van der Waals surface area contributed by atoms with Gasteiger partial charge in [0.25, 0.3) is 0 Å². The number of rotatable bonds is 2. The molecule has 2 nitrogen and oxygen atoms in total. The van der Waals surface area contributed by atoms with Gasteiger partial charge >= 0.3 is 0 Å². The summed E-state index contributed by atoms with van der Waals surface area (Å²) in [7, 11) is 1.86. The fraction of sp³-hybridized carbons (Fsp3) is 0.143. The number of aromatic hydroxyl groups is 1. The first kappa shape index (κ1) is 10.6. The van der Waals surface area contributed by atoms with Crippen molar-refractivity contribution in [3.63, 3.8) is 0 Å². The second-order valence-electron chi connectivity index (χ2n) is 3.82. The fourth-order valence-corrected chi connectivity index (χ4v) is 1.87. The molecular formula is C14H15NO. The van der Waals surface area contributed by atoms with Crippen LogP contribution in [-0.4, -0.2) is 12.2 Å². The highest BCUT2D eigenvalue weighted by Gasteiger charge is 2.09. The highest BCUT2D eigenvalue weighted by atomic mass is 16.3. The molecule has 0 unspecified atom stereocenters. The number of benzene rings is 2. The van der Waals surface area contributed by atoms with Gasteiger partial charge in [0.1, 0.15) is 5.75 Å². The van der Waals surface area contributed by atoms with Gasteiger partial charge in [-0.2, -0.15) is 0 Å². The smallest absolute Gasteiger partial charge is 0.125 e. The zero-order valence-electron chi connectivity index (χ0n) is 9.49. The van der Waals surface area contributed by atoms with E-state index in [9.17, 15) is 5.11 Å². The van der Waals surface area contributed by atoms with Crippen molar-refractivity contribution in [2.75, 3.05) is 12.4 Å². The van der Waals surface area contributed by atoms with E-state index >= 15 is 0 Å². The van der Waals surface area contributed by atoms with E-state index in [-0.39, 0.29) is 0 Å². The molecule has 0 aromatic heterocycles. The Morgan fingerprint density at radius 2 is 1.75 bits per heavy atom. The van der Waals surface area contributed by atoms with Gasteiger partial charge in [0, 0.05) is 18.3 Å². The minimum atomic E-state index is 0.315. The van der Waals surface area contributed by atoms with Gasteiger partial charge in [-0.15, -0.1) is 0 Å². The van der Waals surface area contributed by atoms with E-state index in [2.05, 4.69) is 5.32 Å². The van der Waals surface area contributed by atoms with Crippen LogP contribution in [0, 0.1) is 6.92 Å².